The van der Waals surface area contributed by atoms with E-state index in [4.69, 9.17) is 21.4 Å². The number of anilines is 1. The number of hydrogen-bond donors (Lipinski definition) is 3. The Balaban J connectivity index is 1.82. The summed E-state index contributed by atoms with van der Waals surface area (Å²) in [5, 5.41) is 18.5. The van der Waals surface area contributed by atoms with Crippen molar-refractivity contribution in [2.24, 2.45) is 0 Å². The fourth-order valence-electron chi connectivity index (χ4n) is 2.56. The first-order valence-electron chi connectivity index (χ1n) is 7.62. The van der Waals surface area contributed by atoms with E-state index in [1.54, 1.807) is 30.3 Å². The monoisotopic (exact) mass is 383 g/mol. The van der Waals surface area contributed by atoms with Crippen LogP contribution in [0.5, 0.6) is 0 Å². The number of amides is 1. The van der Waals surface area contributed by atoms with E-state index in [0.29, 0.717) is 5.56 Å². The van der Waals surface area contributed by atoms with Crippen LogP contribution >= 0.6 is 11.6 Å². The average Bonchev–Trinajstić information content (AvgIpc) is 2.85. The van der Waals surface area contributed by atoms with Crippen LogP contribution in [0.1, 0.15) is 16.6 Å². The molecule has 2 aromatic rings. The number of ether oxygens (including phenoxy) is 1. The van der Waals surface area contributed by atoms with Crippen molar-refractivity contribution in [2.45, 2.75) is 23.6 Å². The third-order valence-electron chi connectivity index (χ3n) is 3.92. The lowest BCUT2D eigenvalue weighted by Gasteiger charge is -2.22. The molecule has 1 amide bonds. The van der Waals surface area contributed by atoms with Crippen LogP contribution in [0.25, 0.3) is 0 Å². The molecule has 8 nitrogen and oxygen atoms in total. The number of halogens is 2. The molecule has 1 aromatic heterocycles. The standard InChI is InChI=1S/C16H15ClFN3O5/c17-16(18)12(23)10(8-22)26-14(16)21-7-6-11(20-15(21)25)19-13(24)9-4-2-1-3-5-9/h1-7,10,12,14,22-23H,8H2,(H,19,20,24,25)/t10-,12?,14-,16?/m1/s1. The van der Waals surface area contributed by atoms with Crippen LogP contribution in [0, 0.1) is 0 Å². The molecular formula is C16H15ClFN3O5. The van der Waals surface area contributed by atoms with Crippen molar-refractivity contribution in [2.75, 3.05) is 11.9 Å². The van der Waals surface area contributed by atoms with Crippen LogP contribution in [0.15, 0.2) is 47.4 Å². The number of nitrogens with zero attached hydrogens (tertiary/aromatic N) is 2. The van der Waals surface area contributed by atoms with Gasteiger partial charge in [-0.25, -0.2) is 9.18 Å². The maximum absolute atomic E-state index is 14.5. The number of rotatable bonds is 4. The zero-order chi connectivity index (χ0) is 18.9. The first kappa shape index (κ1) is 18.5. The number of hydrogen-bond acceptors (Lipinski definition) is 6. The van der Waals surface area contributed by atoms with Crippen LogP contribution in [0.3, 0.4) is 0 Å². The number of aliphatic hydroxyl groups is 2. The first-order chi connectivity index (χ1) is 12.3. The van der Waals surface area contributed by atoms with E-state index in [2.05, 4.69) is 10.3 Å². The molecule has 0 bridgehead atoms. The maximum atomic E-state index is 14.5. The smallest absolute Gasteiger partial charge is 0.351 e. The summed E-state index contributed by atoms with van der Waals surface area (Å²) >= 11 is 5.66. The number of alkyl halides is 2. The summed E-state index contributed by atoms with van der Waals surface area (Å²) in [7, 11) is 0. The molecule has 3 rings (SSSR count). The second-order valence-electron chi connectivity index (χ2n) is 5.65. The zero-order valence-electron chi connectivity index (χ0n) is 13.3. The minimum absolute atomic E-state index is 0.0450. The minimum Gasteiger partial charge on any atom is -0.394 e. The summed E-state index contributed by atoms with van der Waals surface area (Å²) < 4.78 is 20.4. The van der Waals surface area contributed by atoms with Gasteiger partial charge in [-0.2, -0.15) is 4.98 Å². The Bertz CT molecular complexity index is 860. The maximum Gasteiger partial charge on any atom is 0.351 e. The Morgan fingerprint density at radius 1 is 1.38 bits per heavy atom. The van der Waals surface area contributed by atoms with Crippen molar-refractivity contribution in [3.05, 3.63) is 58.6 Å². The number of carbonyl (C=O) groups excluding carboxylic acids is 1. The summed E-state index contributed by atoms with van der Waals surface area (Å²) in [6, 6.07) is 9.55. The number of aliphatic hydroxyl groups excluding tert-OH is 2. The summed E-state index contributed by atoms with van der Waals surface area (Å²) in [6.07, 6.45) is -3.67. The van der Waals surface area contributed by atoms with Gasteiger partial charge < -0.3 is 20.3 Å². The molecule has 10 heteroatoms. The Morgan fingerprint density at radius 2 is 2.08 bits per heavy atom. The lowest BCUT2D eigenvalue weighted by atomic mass is 10.1. The highest BCUT2D eigenvalue weighted by atomic mass is 35.5. The molecule has 1 aliphatic rings. The third kappa shape index (κ3) is 3.34. The lowest BCUT2D eigenvalue weighted by Crippen LogP contribution is -2.41. The van der Waals surface area contributed by atoms with Gasteiger partial charge in [-0.1, -0.05) is 29.8 Å². The Labute approximate surface area is 151 Å². The molecule has 1 aromatic carbocycles. The first-order valence-corrected chi connectivity index (χ1v) is 8.00. The Kier molecular flexibility index (Phi) is 5.05. The molecule has 138 valence electrons. The van der Waals surface area contributed by atoms with E-state index < -0.39 is 41.8 Å². The molecule has 0 radical (unpaired) electrons. The van der Waals surface area contributed by atoms with Gasteiger partial charge in [-0.05, 0) is 18.2 Å². The highest BCUT2D eigenvalue weighted by Gasteiger charge is 2.57. The van der Waals surface area contributed by atoms with Gasteiger partial charge in [0, 0.05) is 11.8 Å². The second kappa shape index (κ2) is 7.12. The molecule has 0 saturated carbocycles. The Hall–Kier alpha value is -2.33. The fraction of sp³-hybridized carbons (Fsp3) is 0.312. The zero-order valence-corrected chi connectivity index (χ0v) is 14.0. The van der Waals surface area contributed by atoms with Crippen LogP contribution in [-0.4, -0.2) is 49.6 Å². The summed E-state index contributed by atoms with van der Waals surface area (Å²) in [6.45, 7) is -0.677. The number of nitrogens with one attached hydrogen (secondary N) is 1. The van der Waals surface area contributed by atoms with Crippen molar-refractivity contribution < 1.29 is 24.1 Å². The topological polar surface area (TPSA) is 114 Å². The molecular weight excluding hydrogens is 369 g/mol. The second-order valence-corrected chi connectivity index (χ2v) is 6.23. The van der Waals surface area contributed by atoms with Crippen LogP contribution in [0.2, 0.25) is 0 Å². The van der Waals surface area contributed by atoms with Gasteiger partial charge >= 0.3 is 5.69 Å². The van der Waals surface area contributed by atoms with Gasteiger partial charge in [-0.3, -0.25) is 9.36 Å². The molecule has 26 heavy (non-hydrogen) atoms. The predicted octanol–water partition coefficient (Wildman–Crippen LogP) is 0.651. The Morgan fingerprint density at radius 3 is 2.65 bits per heavy atom. The summed E-state index contributed by atoms with van der Waals surface area (Å²) in [4.78, 5) is 27.9. The fourth-order valence-corrected chi connectivity index (χ4v) is 2.85. The molecule has 1 fully saturated rings. The molecule has 1 saturated heterocycles. The van der Waals surface area contributed by atoms with E-state index in [0.717, 1.165) is 10.8 Å². The van der Waals surface area contributed by atoms with E-state index >= 15 is 0 Å². The summed E-state index contributed by atoms with van der Waals surface area (Å²) in [5.74, 6) is -0.517. The van der Waals surface area contributed by atoms with Crippen molar-refractivity contribution in [3.63, 3.8) is 0 Å². The van der Waals surface area contributed by atoms with Gasteiger partial charge in [0.15, 0.2) is 6.23 Å². The quantitative estimate of drug-likeness (QED) is 0.668. The molecule has 1 aliphatic heterocycles. The predicted molar refractivity (Wildman–Crippen MR) is 89.6 cm³/mol. The van der Waals surface area contributed by atoms with Crippen LogP contribution < -0.4 is 11.0 Å². The van der Waals surface area contributed by atoms with Gasteiger partial charge in [-0.15, -0.1) is 0 Å². The highest BCUT2D eigenvalue weighted by molar-refractivity contribution is 6.23. The molecule has 3 N–H and O–H groups in total. The van der Waals surface area contributed by atoms with Crippen molar-refractivity contribution in [3.8, 4) is 0 Å². The summed E-state index contributed by atoms with van der Waals surface area (Å²) in [5.41, 5.74) is -0.579. The van der Waals surface area contributed by atoms with Gasteiger partial charge in [0.2, 0.25) is 0 Å². The van der Waals surface area contributed by atoms with Crippen LogP contribution in [0.4, 0.5) is 10.2 Å². The highest BCUT2D eigenvalue weighted by Crippen LogP contribution is 2.43. The average molecular weight is 384 g/mol. The number of carbonyl (C=O) groups is 1. The molecule has 2 unspecified atom stereocenters. The third-order valence-corrected chi connectivity index (χ3v) is 4.33. The molecule has 0 spiro atoms. The largest absolute Gasteiger partial charge is 0.394 e. The lowest BCUT2D eigenvalue weighted by molar-refractivity contribution is -0.0517. The van der Waals surface area contributed by atoms with E-state index in [1.165, 1.54) is 6.07 Å². The van der Waals surface area contributed by atoms with Gasteiger partial charge in [0.05, 0.1) is 6.61 Å². The normalized spacial score (nSPS) is 28.1. The van der Waals surface area contributed by atoms with Gasteiger partial charge in [0.1, 0.15) is 18.0 Å². The minimum atomic E-state index is -2.83. The molecule has 4 atom stereocenters. The van der Waals surface area contributed by atoms with E-state index in [-0.39, 0.29) is 5.82 Å². The number of benzene rings is 1. The molecule has 0 aliphatic carbocycles. The van der Waals surface area contributed by atoms with Gasteiger partial charge in [0.25, 0.3) is 11.0 Å². The molecule has 2 heterocycles. The van der Waals surface area contributed by atoms with E-state index in [9.17, 15) is 19.1 Å². The van der Waals surface area contributed by atoms with E-state index in [1.807, 2.05) is 0 Å². The SMILES string of the molecule is O=C(Nc1ccn([C@@H]2O[C@H](CO)C(O)C2(F)Cl)c(=O)n1)c1ccccc1. The van der Waals surface area contributed by atoms with Crippen LogP contribution in [-0.2, 0) is 4.74 Å². The van der Waals surface area contributed by atoms with Crippen molar-refractivity contribution in [1.82, 2.24) is 9.55 Å². The number of aromatic nitrogens is 2. The van der Waals surface area contributed by atoms with Crippen molar-refractivity contribution >= 4 is 23.3 Å². The van der Waals surface area contributed by atoms with Crippen molar-refractivity contribution in [1.29, 1.82) is 0 Å².